The average molecular weight is 139 g/mol. The summed E-state index contributed by atoms with van der Waals surface area (Å²) >= 11 is 0. The number of nitrogens with zero attached hydrogens (tertiary/aromatic N) is 2. The number of hydrogen-bond donors (Lipinski definition) is 1. The highest BCUT2D eigenvalue weighted by Crippen LogP contribution is 2.19. The van der Waals surface area contributed by atoms with Crippen LogP contribution >= 0.6 is 0 Å². The van der Waals surface area contributed by atoms with E-state index < -0.39 is 0 Å². The molecule has 1 aliphatic heterocycles. The summed E-state index contributed by atoms with van der Waals surface area (Å²) in [5.74, 6) is 0.720. The van der Waals surface area contributed by atoms with E-state index in [2.05, 4.69) is 15.5 Å². The van der Waals surface area contributed by atoms with E-state index in [0.29, 0.717) is 6.04 Å². The summed E-state index contributed by atoms with van der Waals surface area (Å²) in [4.78, 5) is 3.96. The Kier molecular flexibility index (Phi) is 1.39. The molecule has 1 aliphatic rings. The Morgan fingerprint density at radius 3 is 3.30 bits per heavy atom. The number of rotatable bonds is 1. The van der Waals surface area contributed by atoms with Crippen LogP contribution in [0.1, 0.15) is 24.8 Å². The largest absolute Gasteiger partial charge is 0.338 e. The molecule has 1 N–H and O–H groups in total. The van der Waals surface area contributed by atoms with Crippen LogP contribution < -0.4 is 5.32 Å². The fourth-order valence-corrected chi connectivity index (χ4v) is 1.23. The van der Waals surface area contributed by atoms with Gasteiger partial charge in [0.15, 0.2) is 6.33 Å². The minimum atomic E-state index is 0.308. The first-order valence-corrected chi connectivity index (χ1v) is 3.47. The van der Waals surface area contributed by atoms with E-state index in [1.807, 2.05) is 0 Å². The first kappa shape index (κ1) is 5.85. The van der Waals surface area contributed by atoms with Crippen LogP contribution in [-0.4, -0.2) is 16.7 Å². The van der Waals surface area contributed by atoms with E-state index >= 15 is 0 Å². The Bertz CT molecular complexity index is 191. The Hall–Kier alpha value is -0.900. The zero-order valence-corrected chi connectivity index (χ0v) is 5.58. The van der Waals surface area contributed by atoms with Gasteiger partial charge < -0.3 is 9.84 Å². The molecule has 10 heavy (non-hydrogen) atoms. The minimum absolute atomic E-state index is 0.308. The van der Waals surface area contributed by atoms with E-state index in [4.69, 9.17) is 4.52 Å². The molecule has 1 saturated heterocycles. The fourth-order valence-electron chi connectivity index (χ4n) is 1.23. The van der Waals surface area contributed by atoms with E-state index in [1.54, 1.807) is 0 Å². The van der Waals surface area contributed by atoms with Crippen LogP contribution in [0.5, 0.6) is 0 Å². The second-order valence-electron chi connectivity index (χ2n) is 2.43. The monoisotopic (exact) mass is 139 g/mol. The lowest BCUT2D eigenvalue weighted by Gasteiger charge is -2.00. The zero-order valence-electron chi connectivity index (χ0n) is 5.58. The van der Waals surface area contributed by atoms with Crippen LogP contribution in [0.25, 0.3) is 0 Å². The van der Waals surface area contributed by atoms with Crippen molar-refractivity contribution in [3.63, 3.8) is 0 Å². The molecule has 0 aromatic carbocycles. The van der Waals surface area contributed by atoms with Crippen LogP contribution in [0, 0.1) is 0 Å². The molecule has 0 spiro atoms. The molecule has 0 radical (unpaired) electrons. The lowest BCUT2D eigenvalue weighted by Crippen LogP contribution is -2.12. The summed E-state index contributed by atoms with van der Waals surface area (Å²) < 4.78 is 4.89. The quantitative estimate of drug-likeness (QED) is 0.615. The van der Waals surface area contributed by atoms with E-state index in [-0.39, 0.29) is 0 Å². The van der Waals surface area contributed by atoms with Crippen molar-refractivity contribution in [2.45, 2.75) is 18.9 Å². The summed E-state index contributed by atoms with van der Waals surface area (Å²) in [7, 11) is 0. The average Bonchev–Trinajstić information content (AvgIpc) is 2.59. The van der Waals surface area contributed by atoms with Crippen molar-refractivity contribution in [2.24, 2.45) is 0 Å². The fraction of sp³-hybridized carbons (Fsp3) is 0.667. The SMILES string of the molecule is c1noc(C2CCCN2)n1. The maximum absolute atomic E-state index is 4.89. The van der Waals surface area contributed by atoms with Gasteiger partial charge in [0.05, 0.1) is 6.04 Å². The van der Waals surface area contributed by atoms with Gasteiger partial charge in [-0.3, -0.25) is 0 Å². The molecule has 0 aliphatic carbocycles. The summed E-state index contributed by atoms with van der Waals surface area (Å²) in [6, 6.07) is 0.308. The van der Waals surface area contributed by atoms with Crippen molar-refractivity contribution in [1.29, 1.82) is 0 Å². The molecule has 1 aromatic heterocycles. The van der Waals surface area contributed by atoms with Crippen LogP contribution in [-0.2, 0) is 0 Å². The van der Waals surface area contributed by atoms with Crippen molar-refractivity contribution in [3.8, 4) is 0 Å². The molecule has 0 bridgehead atoms. The molecular weight excluding hydrogens is 130 g/mol. The molecule has 4 heteroatoms. The van der Waals surface area contributed by atoms with Gasteiger partial charge in [-0.05, 0) is 19.4 Å². The Morgan fingerprint density at radius 1 is 1.70 bits per heavy atom. The van der Waals surface area contributed by atoms with Gasteiger partial charge >= 0.3 is 0 Å². The summed E-state index contributed by atoms with van der Waals surface area (Å²) in [6.45, 7) is 1.06. The molecular formula is C6H9N3O. The third-order valence-electron chi connectivity index (χ3n) is 1.74. The highest BCUT2D eigenvalue weighted by atomic mass is 16.5. The van der Waals surface area contributed by atoms with Crippen molar-refractivity contribution >= 4 is 0 Å². The number of aromatic nitrogens is 2. The van der Waals surface area contributed by atoms with Crippen LogP contribution in [0.2, 0.25) is 0 Å². The molecule has 0 saturated carbocycles. The van der Waals surface area contributed by atoms with Crippen molar-refractivity contribution in [1.82, 2.24) is 15.5 Å². The van der Waals surface area contributed by atoms with Gasteiger partial charge in [-0.15, -0.1) is 0 Å². The van der Waals surface area contributed by atoms with E-state index in [0.717, 1.165) is 18.9 Å². The van der Waals surface area contributed by atoms with Crippen molar-refractivity contribution < 1.29 is 4.52 Å². The molecule has 1 fully saturated rings. The Labute approximate surface area is 58.6 Å². The van der Waals surface area contributed by atoms with Gasteiger partial charge in [-0.1, -0.05) is 5.16 Å². The van der Waals surface area contributed by atoms with Crippen LogP contribution in [0.3, 0.4) is 0 Å². The Balaban J connectivity index is 2.12. The summed E-state index contributed by atoms with van der Waals surface area (Å²) in [5, 5.41) is 6.80. The molecule has 2 rings (SSSR count). The van der Waals surface area contributed by atoms with E-state index in [9.17, 15) is 0 Å². The van der Waals surface area contributed by atoms with Gasteiger partial charge in [0, 0.05) is 0 Å². The molecule has 54 valence electrons. The highest BCUT2D eigenvalue weighted by molar-refractivity contribution is 4.90. The van der Waals surface area contributed by atoms with Crippen LogP contribution in [0.4, 0.5) is 0 Å². The predicted molar refractivity (Wildman–Crippen MR) is 34.3 cm³/mol. The smallest absolute Gasteiger partial charge is 0.243 e. The lowest BCUT2D eigenvalue weighted by atomic mass is 10.2. The lowest BCUT2D eigenvalue weighted by molar-refractivity contribution is 0.344. The van der Waals surface area contributed by atoms with Gasteiger partial charge in [-0.2, -0.15) is 4.98 Å². The van der Waals surface area contributed by atoms with Gasteiger partial charge in [-0.25, -0.2) is 0 Å². The minimum Gasteiger partial charge on any atom is -0.338 e. The molecule has 1 unspecified atom stereocenters. The van der Waals surface area contributed by atoms with Crippen molar-refractivity contribution in [2.75, 3.05) is 6.54 Å². The summed E-state index contributed by atoms with van der Waals surface area (Å²) in [5.41, 5.74) is 0. The van der Waals surface area contributed by atoms with E-state index in [1.165, 1.54) is 12.7 Å². The molecule has 2 heterocycles. The maximum Gasteiger partial charge on any atom is 0.243 e. The summed E-state index contributed by atoms with van der Waals surface area (Å²) in [6.07, 6.45) is 3.75. The second-order valence-corrected chi connectivity index (χ2v) is 2.43. The third kappa shape index (κ3) is 0.903. The topological polar surface area (TPSA) is 51.0 Å². The third-order valence-corrected chi connectivity index (χ3v) is 1.74. The van der Waals surface area contributed by atoms with Gasteiger partial charge in [0.25, 0.3) is 0 Å². The first-order valence-electron chi connectivity index (χ1n) is 3.47. The number of nitrogens with one attached hydrogen (secondary N) is 1. The Morgan fingerprint density at radius 2 is 2.70 bits per heavy atom. The standard InChI is InChI=1S/C6H9N3O/c1-2-5(7-3-1)6-8-4-9-10-6/h4-5,7H,1-3H2. The molecule has 1 atom stereocenters. The van der Waals surface area contributed by atoms with Gasteiger partial charge in [0.2, 0.25) is 5.89 Å². The molecule has 4 nitrogen and oxygen atoms in total. The van der Waals surface area contributed by atoms with Crippen LogP contribution in [0.15, 0.2) is 10.9 Å². The van der Waals surface area contributed by atoms with Crippen molar-refractivity contribution in [3.05, 3.63) is 12.2 Å². The molecule has 1 aromatic rings. The maximum atomic E-state index is 4.89. The molecule has 0 amide bonds. The first-order chi connectivity index (χ1) is 4.97. The second kappa shape index (κ2) is 2.38. The normalized spacial score (nSPS) is 25.4. The predicted octanol–water partition coefficient (Wildman–Crippen LogP) is 0.494. The highest BCUT2D eigenvalue weighted by Gasteiger charge is 2.20. The zero-order chi connectivity index (χ0) is 6.81. The van der Waals surface area contributed by atoms with Gasteiger partial charge in [0.1, 0.15) is 0 Å². The number of hydrogen-bond acceptors (Lipinski definition) is 4.